The van der Waals surface area contributed by atoms with E-state index < -0.39 is 0 Å². The molecule has 0 radical (unpaired) electrons. The monoisotopic (exact) mass is 267 g/mol. The van der Waals surface area contributed by atoms with Crippen LogP contribution in [-0.4, -0.2) is 54.6 Å². The Balaban J connectivity index is 1.79. The lowest BCUT2D eigenvalue weighted by atomic mass is 9.80. The van der Waals surface area contributed by atoms with E-state index in [1.54, 1.807) is 0 Å². The van der Waals surface area contributed by atoms with E-state index in [4.69, 9.17) is 5.73 Å². The average molecular weight is 267 g/mol. The van der Waals surface area contributed by atoms with Gasteiger partial charge in [-0.25, -0.2) is 0 Å². The molecule has 3 nitrogen and oxygen atoms in total. The van der Waals surface area contributed by atoms with Crippen LogP contribution in [0.25, 0.3) is 0 Å². The Morgan fingerprint density at radius 1 is 1.05 bits per heavy atom. The van der Waals surface area contributed by atoms with Crippen LogP contribution in [0.4, 0.5) is 0 Å². The van der Waals surface area contributed by atoms with E-state index >= 15 is 0 Å². The molecule has 0 bridgehead atoms. The quantitative estimate of drug-likeness (QED) is 0.769. The highest BCUT2D eigenvalue weighted by Gasteiger charge is 2.35. The lowest BCUT2D eigenvalue weighted by molar-refractivity contribution is 0.0584. The zero-order valence-electron chi connectivity index (χ0n) is 12.9. The van der Waals surface area contributed by atoms with Gasteiger partial charge in [-0.3, -0.25) is 4.90 Å². The van der Waals surface area contributed by atoms with E-state index in [9.17, 15) is 0 Å². The molecule has 2 N–H and O–H groups in total. The maximum absolute atomic E-state index is 6.16. The zero-order valence-corrected chi connectivity index (χ0v) is 12.9. The van der Waals surface area contributed by atoms with Crippen molar-refractivity contribution in [3.8, 4) is 0 Å². The Morgan fingerprint density at radius 2 is 1.74 bits per heavy atom. The second kappa shape index (κ2) is 7.61. The zero-order chi connectivity index (χ0) is 13.6. The molecule has 2 fully saturated rings. The van der Waals surface area contributed by atoms with Gasteiger partial charge in [0.1, 0.15) is 0 Å². The fourth-order valence-corrected chi connectivity index (χ4v) is 4.08. The van der Waals surface area contributed by atoms with Crippen LogP contribution in [0.1, 0.15) is 58.3 Å². The first-order valence-electron chi connectivity index (χ1n) is 8.48. The summed E-state index contributed by atoms with van der Waals surface area (Å²) < 4.78 is 0. The highest BCUT2D eigenvalue weighted by Crippen LogP contribution is 2.32. The maximum Gasteiger partial charge on any atom is 0.0331 e. The van der Waals surface area contributed by atoms with Gasteiger partial charge in [0.05, 0.1) is 0 Å². The molecule has 0 spiro atoms. The molecule has 112 valence electrons. The highest BCUT2D eigenvalue weighted by atomic mass is 15.2. The van der Waals surface area contributed by atoms with Crippen molar-refractivity contribution in [2.24, 2.45) is 5.73 Å². The summed E-state index contributed by atoms with van der Waals surface area (Å²) in [5.41, 5.74) is 6.49. The summed E-state index contributed by atoms with van der Waals surface area (Å²) in [5.74, 6) is 0. The SMILES string of the molecule is CCN(CCCN1CCCC1)C1(CN)CCCCC1. The summed E-state index contributed by atoms with van der Waals surface area (Å²) in [5, 5.41) is 0. The molecule has 0 atom stereocenters. The molecule has 1 aliphatic carbocycles. The lowest BCUT2D eigenvalue weighted by Gasteiger charge is -2.46. The van der Waals surface area contributed by atoms with Crippen molar-refractivity contribution in [3.05, 3.63) is 0 Å². The molecule has 3 heteroatoms. The Kier molecular flexibility index (Phi) is 6.11. The Labute approximate surface area is 119 Å². The molecule has 1 aliphatic heterocycles. The van der Waals surface area contributed by atoms with Crippen LogP contribution in [0.3, 0.4) is 0 Å². The van der Waals surface area contributed by atoms with Gasteiger partial charge in [0.25, 0.3) is 0 Å². The topological polar surface area (TPSA) is 32.5 Å². The summed E-state index contributed by atoms with van der Waals surface area (Å²) in [4.78, 5) is 5.33. The van der Waals surface area contributed by atoms with Gasteiger partial charge < -0.3 is 10.6 Å². The molecule has 0 aromatic heterocycles. The van der Waals surface area contributed by atoms with Crippen molar-refractivity contribution < 1.29 is 0 Å². The predicted octanol–water partition coefficient (Wildman–Crippen LogP) is 2.46. The first kappa shape index (κ1) is 15.3. The van der Waals surface area contributed by atoms with Crippen molar-refractivity contribution >= 4 is 0 Å². The van der Waals surface area contributed by atoms with E-state index in [-0.39, 0.29) is 0 Å². The molecule has 2 aliphatic rings. The van der Waals surface area contributed by atoms with E-state index in [2.05, 4.69) is 16.7 Å². The van der Waals surface area contributed by atoms with Crippen molar-refractivity contribution in [3.63, 3.8) is 0 Å². The van der Waals surface area contributed by atoms with Crippen LogP contribution in [0.5, 0.6) is 0 Å². The number of hydrogen-bond acceptors (Lipinski definition) is 3. The smallest absolute Gasteiger partial charge is 0.0331 e. The minimum absolute atomic E-state index is 0.331. The van der Waals surface area contributed by atoms with Gasteiger partial charge in [0.15, 0.2) is 0 Å². The lowest BCUT2D eigenvalue weighted by Crippen LogP contribution is -2.55. The number of nitrogens with zero attached hydrogens (tertiary/aromatic N) is 2. The van der Waals surface area contributed by atoms with E-state index in [1.807, 2.05) is 0 Å². The molecule has 2 rings (SSSR count). The van der Waals surface area contributed by atoms with E-state index in [1.165, 1.54) is 77.5 Å². The second-order valence-corrected chi connectivity index (χ2v) is 6.47. The third-order valence-corrected chi connectivity index (χ3v) is 5.32. The van der Waals surface area contributed by atoms with Gasteiger partial charge in [-0.05, 0) is 64.8 Å². The van der Waals surface area contributed by atoms with E-state index in [0.29, 0.717) is 5.54 Å². The first-order chi connectivity index (χ1) is 9.30. The van der Waals surface area contributed by atoms with Gasteiger partial charge in [-0.1, -0.05) is 26.2 Å². The van der Waals surface area contributed by atoms with Crippen molar-refractivity contribution in [2.45, 2.75) is 63.8 Å². The van der Waals surface area contributed by atoms with Crippen LogP contribution in [-0.2, 0) is 0 Å². The highest BCUT2D eigenvalue weighted by molar-refractivity contribution is 4.93. The maximum atomic E-state index is 6.16. The molecule has 1 saturated heterocycles. The van der Waals surface area contributed by atoms with Gasteiger partial charge in [-0.2, -0.15) is 0 Å². The summed E-state index contributed by atoms with van der Waals surface area (Å²) in [6.07, 6.45) is 10.9. The summed E-state index contributed by atoms with van der Waals surface area (Å²) >= 11 is 0. The largest absolute Gasteiger partial charge is 0.329 e. The Bertz CT molecular complexity index is 242. The minimum atomic E-state index is 0.331. The number of nitrogens with two attached hydrogens (primary N) is 1. The molecule has 0 aromatic carbocycles. The molecular weight excluding hydrogens is 234 g/mol. The van der Waals surface area contributed by atoms with Crippen LogP contribution in [0, 0.1) is 0 Å². The average Bonchev–Trinajstić information content (AvgIpc) is 2.97. The second-order valence-electron chi connectivity index (χ2n) is 6.47. The molecular formula is C16H33N3. The fourth-order valence-electron chi connectivity index (χ4n) is 4.08. The number of likely N-dealkylation sites (N-methyl/N-ethyl adjacent to an activating group) is 1. The number of hydrogen-bond donors (Lipinski definition) is 1. The van der Waals surface area contributed by atoms with E-state index in [0.717, 1.165) is 13.1 Å². The molecule has 19 heavy (non-hydrogen) atoms. The third kappa shape index (κ3) is 3.93. The molecule has 0 unspecified atom stereocenters. The molecule has 1 saturated carbocycles. The molecule has 1 heterocycles. The van der Waals surface area contributed by atoms with Crippen LogP contribution in [0.2, 0.25) is 0 Å². The van der Waals surface area contributed by atoms with Crippen LogP contribution in [0.15, 0.2) is 0 Å². The molecule has 0 amide bonds. The first-order valence-corrected chi connectivity index (χ1v) is 8.48. The molecule has 0 aromatic rings. The van der Waals surface area contributed by atoms with Crippen molar-refractivity contribution in [2.75, 3.05) is 39.3 Å². The Morgan fingerprint density at radius 3 is 2.32 bits per heavy atom. The number of likely N-dealkylation sites (tertiary alicyclic amines) is 1. The number of rotatable bonds is 7. The van der Waals surface area contributed by atoms with Gasteiger partial charge >= 0.3 is 0 Å². The van der Waals surface area contributed by atoms with Crippen LogP contribution >= 0.6 is 0 Å². The summed E-state index contributed by atoms with van der Waals surface area (Å²) in [7, 11) is 0. The Hall–Kier alpha value is -0.120. The van der Waals surface area contributed by atoms with Crippen LogP contribution < -0.4 is 5.73 Å². The standard InChI is InChI=1S/C16H33N3/c1-2-19(14-8-13-18-11-6-7-12-18)16(15-17)9-4-3-5-10-16/h2-15,17H2,1H3. The predicted molar refractivity (Wildman–Crippen MR) is 82.4 cm³/mol. The van der Waals surface area contributed by atoms with Gasteiger partial charge in [-0.15, -0.1) is 0 Å². The summed E-state index contributed by atoms with van der Waals surface area (Å²) in [6, 6.07) is 0. The normalized spacial score (nSPS) is 24.2. The summed E-state index contributed by atoms with van der Waals surface area (Å²) in [6.45, 7) is 9.51. The van der Waals surface area contributed by atoms with Crippen molar-refractivity contribution in [1.82, 2.24) is 9.80 Å². The van der Waals surface area contributed by atoms with Crippen molar-refractivity contribution in [1.29, 1.82) is 0 Å². The third-order valence-electron chi connectivity index (χ3n) is 5.32. The minimum Gasteiger partial charge on any atom is -0.329 e. The fraction of sp³-hybridized carbons (Fsp3) is 1.00. The van der Waals surface area contributed by atoms with Gasteiger partial charge in [0, 0.05) is 12.1 Å². The van der Waals surface area contributed by atoms with Gasteiger partial charge in [0.2, 0.25) is 0 Å².